The first kappa shape index (κ1) is 16.0. The van der Waals surface area contributed by atoms with Crippen molar-refractivity contribution in [3.05, 3.63) is 54.1 Å². The number of anilines is 2. The number of carbonyl (C=O) groups is 1. The zero-order chi connectivity index (χ0) is 16.5. The second-order valence-electron chi connectivity index (χ2n) is 5.50. The third kappa shape index (κ3) is 2.57. The van der Waals surface area contributed by atoms with Crippen LogP contribution in [0.3, 0.4) is 0 Å². The highest BCUT2D eigenvalue weighted by Gasteiger charge is 2.43. The van der Waals surface area contributed by atoms with E-state index in [1.807, 2.05) is 0 Å². The highest BCUT2D eigenvalue weighted by Crippen LogP contribution is 2.31. The molecule has 4 N–H and O–H groups in total. The Morgan fingerprint density at radius 3 is 2.09 bits per heavy atom. The molecule has 0 bridgehead atoms. The van der Waals surface area contributed by atoms with E-state index in [-0.39, 0.29) is 10.6 Å². The molecule has 0 unspecified atom stereocenters. The van der Waals surface area contributed by atoms with Gasteiger partial charge in [0, 0.05) is 5.56 Å². The molecular weight excluding hydrogens is 300 g/mol. The molecule has 2 aromatic rings. The lowest BCUT2D eigenvalue weighted by Gasteiger charge is -2.24. The van der Waals surface area contributed by atoms with E-state index in [0.29, 0.717) is 11.3 Å². The fourth-order valence-corrected chi connectivity index (χ4v) is 3.55. The summed E-state index contributed by atoms with van der Waals surface area (Å²) in [6, 6.07) is 12.4. The summed E-state index contributed by atoms with van der Waals surface area (Å²) in [6.07, 6.45) is 0. The average molecular weight is 318 g/mol. The van der Waals surface area contributed by atoms with Crippen molar-refractivity contribution < 1.29 is 13.2 Å². The van der Waals surface area contributed by atoms with Gasteiger partial charge in [0.25, 0.3) is 0 Å². The number of benzene rings is 2. The van der Waals surface area contributed by atoms with Crippen molar-refractivity contribution in [2.24, 2.45) is 0 Å². The smallest absolute Gasteiger partial charge is 0.191 e. The minimum absolute atomic E-state index is 0.0199. The number of nitrogen functional groups attached to an aromatic ring is 2. The molecule has 2 aromatic carbocycles. The number of carbonyl (C=O) groups excluding carboxylic acids is 1. The normalized spacial score (nSPS) is 12.1. The molecule has 116 valence electrons. The summed E-state index contributed by atoms with van der Waals surface area (Å²) in [5.74, 6) is -0.469. The minimum atomic E-state index is -3.91. The second-order valence-corrected chi connectivity index (χ2v) is 8.00. The summed E-state index contributed by atoms with van der Waals surface area (Å²) in [5, 5.41) is 0. The summed E-state index contributed by atoms with van der Waals surface area (Å²) in [4.78, 5) is 12.6. The predicted molar refractivity (Wildman–Crippen MR) is 87.3 cm³/mol. The van der Waals surface area contributed by atoms with Gasteiger partial charge in [-0.2, -0.15) is 0 Å². The van der Waals surface area contributed by atoms with Crippen LogP contribution in [-0.2, 0) is 9.84 Å². The Balaban J connectivity index is 2.51. The monoisotopic (exact) mass is 318 g/mol. The fraction of sp³-hybridized carbons (Fsp3) is 0.188. The van der Waals surface area contributed by atoms with Crippen molar-refractivity contribution in [1.82, 2.24) is 0 Å². The van der Waals surface area contributed by atoms with Crippen molar-refractivity contribution in [3.63, 3.8) is 0 Å². The van der Waals surface area contributed by atoms with E-state index < -0.39 is 20.4 Å². The van der Waals surface area contributed by atoms with Gasteiger partial charge in [-0.05, 0) is 32.0 Å². The van der Waals surface area contributed by atoms with E-state index in [4.69, 9.17) is 11.5 Å². The SMILES string of the molecule is CC(C)(C(=O)c1ccccc1)S(=O)(=O)c1ccc(N)c(N)c1. The molecule has 0 aromatic heterocycles. The molecule has 0 aliphatic heterocycles. The van der Waals surface area contributed by atoms with E-state index in [2.05, 4.69) is 0 Å². The van der Waals surface area contributed by atoms with E-state index >= 15 is 0 Å². The van der Waals surface area contributed by atoms with Crippen molar-refractivity contribution in [3.8, 4) is 0 Å². The van der Waals surface area contributed by atoms with E-state index in [9.17, 15) is 13.2 Å². The maximum absolute atomic E-state index is 12.8. The van der Waals surface area contributed by atoms with Gasteiger partial charge >= 0.3 is 0 Å². The van der Waals surface area contributed by atoms with E-state index in [1.165, 1.54) is 32.0 Å². The molecule has 22 heavy (non-hydrogen) atoms. The summed E-state index contributed by atoms with van der Waals surface area (Å²) >= 11 is 0. The molecule has 0 saturated carbocycles. The van der Waals surface area contributed by atoms with Crippen molar-refractivity contribution in [2.75, 3.05) is 11.5 Å². The van der Waals surface area contributed by atoms with Gasteiger partial charge < -0.3 is 11.5 Å². The lowest BCUT2D eigenvalue weighted by molar-refractivity contribution is 0.0953. The number of sulfone groups is 1. The van der Waals surface area contributed by atoms with Crippen LogP contribution in [0.5, 0.6) is 0 Å². The lowest BCUT2D eigenvalue weighted by Crippen LogP contribution is -2.40. The quantitative estimate of drug-likeness (QED) is 0.665. The van der Waals surface area contributed by atoms with Crippen LogP contribution in [-0.4, -0.2) is 18.9 Å². The summed E-state index contributed by atoms with van der Waals surface area (Å²) in [6.45, 7) is 2.79. The fourth-order valence-electron chi connectivity index (χ4n) is 2.07. The van der Waals surface area contributed by atoms with Crippen LogP contribution < -0.4 is 11.5 Å². The highest BCUT2D eigenvalue weighted by molar-refractivity contribution is 7.93. The Labute approximate surface area is 129 Å². The molecule has 0 heterocycles. The first-order valence-corrected chi connectivity index (χ1v) is 8.15. The molecule has 0 atom stereocenters. The van der Waals surface area contributed by atoms with Crippen LogP contribution in [0.15, 0.2) is 53.4 Å². The number of rotatable bonds is 4. The number of hydrogen-bond donors (Lipinski definition) is 2. The predicted octanol–water partition coefficient (Wildman–Crippen LogP) is 2.29. The Hall–Kier alpha value is -2.34. The van der Waals surface area contributed by atoms with Gasteiger partial charge in [0.2, 0.25) is 0 Å². The van der Waals surface area contributed by atoms with Crippen molar-refractivity contribution in [2.45, 2.75) is 23.5 Å². The van der Waals surface area contributed by atoms with Gasteiger partial charge in [-0.3, -0.25) is 4.79 Å². The van der Waals surface area contributed by atoms with Gasteiger partial charge in [0.05, 0.1) is 16.3 Å². The van der Waals surface area contributed by atoms with Crippen LogP contribution in [0.1, 0.15) is 24.2 Å². The van der Waals surface area contributed by atoms with Crippen LogP contribution in [0.2, 0.25) is 0 Å². The highest BCUT2D eigenvalue weighted by atomic mass is 32.2. The molecular formula is C16H18N2O3S. The van der Waals surface area contributed by atoms with Crippen molar-refractivity contribution in [1.29, 1.82) is 0 Å². The Morgan fingerprint density at radius 1 is 0.955 bits per heavy atom. The molecule has 0 amide bonds. The van der Waals surface area contributed by atoms with Gasteiger partial charge in [-0.25, -0.2) is 8.42 Å². The van der Waals surface area contributed by atoms with Gasteiger partial charge in [0.15, 0.2) is 15.6 Å². The number of ketones is 1. The molecule has 0 aliphatic carbocycles. The zero-order valence-corrected chi connectivity index (χ0v) is 13.2. The van der Waals surface area contributed by atoms with Crippen LogP contribution in [0.25, 0.3) is 0 Å². The van der Waals surface area contributed by atoms with Gasteiger partial charge in [0.1, 0.15) is 4.75 Å². The van der Waals surface area contributed by atoms with Gasteiger partial charge in [-0.1, -0.05) is 30.3 Å². The Kier molecular flexibility index (Phi) is 3.98. The van der Waals surface area contributed by atoms with Gasteiger partial charge in [-0.15, -0.1) is 0 Å². The number of nitrogens with two attached hydrogens (primary N) is 2. The molecule has 5 nitrogen and oxygen atoms in total. The Bertz CT molecular complexity index is 813. The van der Waals surface area contributed by atoms with Crippen LogP contribution >= 0.6 is 0 Å². The van der Waals surface area contributed by atoms with E-state index in [1.54, 1.807) is 30.3 Å². The molecule has 0 fully saturated rings. The van der Waals surface area contributed by atoms with Crippen LogP contribution in [0, 0.1) is 0 Å². The molecule has 0 spiro atoms. The largest absolute Gasteiger partial charge is 0.397 e. The van der Waals surface area contributed by atoms with Crippen LogP contribution in [0.4, 0.5) is 11.4 Å². The molecule has 0 radical (unpaired) electrons. The standard InChI is InChI=1S/C16H18N2O3S/c1-16(2,15(19)11-6-4-3-5-7-11)22(20,21)12-8-9-13(17)14(18)10-12/h3-10H,17-18H2,1-2H3. The Morgan fingerprint density at radius 2 is 1.55 bits per heavy atom. The zero-order valence-electron chi connectivity index (χ0n) is 12.4. The topological polar surface area (TPSA) is 103 Å². The maximum Gasteiger partial charge on any atom is 0.191 e. The van der Waals surface area contributed by atoms with Crippen molar-refractivity contribution >= 4 is 27.0 Å². The molecule has 6 heteroatoms. The number of Topliss-reactive ketones (excluding diaryl/α,β-unsaturated/α-hetero) is 1. The third-order valence-electron chi connectivity index (χ3n) is 3.62. The average Bonchev–Trinajstić information content (AvgIpc) is 2.49. The second kappa shape index (κ2) is 5.46. The summed E-state index contributed by atoms with van der Waals surface area (Å²) in [5.41, 5.74) is 12.1. The lowest BCUT2D eigenvalue weighted by atomic mass is 10.0. The third-order valence-corrected chi connectivity index (χ3v) is 6.03. The maximum atomic E-state index is 12.8. The molecule has 0 aliphatic rings. The summed E-state index contributed by atoms with van der Waals surface area (Å²) < 4.78 is 24.0. The molecule has 0 saturated heterocycles. The summed E-state index contributed by atoms with van der Waals surface area (Å²) in [7, 11) is -3.91. The minimum Gasteiger partial charge on any atom is -0.397 e. The number of hydrogen-bond acceptors (Lipinski definition) is 5. The first-order chi connectivity index (χ1) is 10.2. The first-order valence-electron chi connectivity index (χ1n) is 6.67. The van der Waals surface area contributed by atoms with E-state index in [0.717, 1.165) is 0 Å². The molecule has 2 rings (SSSR count).